The van der Waals surface area contributed by atoms with Gasteiger partial charge in [-0.25, -0.2) is 18.2 Å². The molecule has 4 rings (SSSR count). The number of carbonyl (C=O) groups is 1. The van der Waals surface area contributed by atoms with Crippen LogP contribution in [0.1, 0.15) is 11.5 Å². The van der Waals surface area contributed by atoms with Crippen LogP contribution < -0.4 is 0 Å². The molecule has 184 valence electrons. The molecular weight excluding hydrogens is 539 g/mol. The number of rotatable bonds is 5. The maximum atomic E-state index is 13.3. The second-order valence-electron chi connectivity index (χ2n) is 8.50. The molecule has 7 nitrogen and oxygen atoms in total. The van der Waals surface area contributed by atoms with E-state index in [0.717, 1.165) is 16.3 Å². The Morgan fingerprint density at radius 1 is 1.03 bits per heavy atom. The van der Waals surface area contributed by atoms with E-state index in [4.69, 9.17) is 34.8 Å². The molecule has 2 aliphatic rings. The predicted molar refractivity (Wildman–Crippen MR) is 138 cm³/mol. The lowest BCUT2D eigenvalue weighted by Gasteiger charge is -2.35. The first kappa shape index (κ1) is 25.9. The molecule has 2 unspecified atom stereocenters. The summed E-state index contributed by atoms with van der Waals surface area (Å²) >= 11 is 20.0. The molecule has 2 saturated heterocycles. The number of hydrogen-bond donors (Lipinski definition) is 0. The normalized spacial score (nSPS) is 21.8. The van der Waals surface area contributed by atoms with Crippen LogP contribution in [0.25, 0.3) is 0 Å². The number of nitrogens with zero attached hydrogens (tertiary/aromatic N) is 4. The molecule has 12 heteroatoms. The molecule has 2 amide bonds. The smallest absolute Gasteiger partial charge is 0.320 e. The molecule has 0 saturated carbocycles. The summed E-state index contributed by atoms with van der Waals surface area (Å²) in [4.78, 5) is 21.3. The molecule has 0 spiro atoms. The van der Waals surface area contributed by atoms with Crippen molar-refractivity contribution >= 4 is 62.6 Å². The monoisotopic (exact) mass is 562 g/mol. The number of sulfonamides is 1. The number of urea groups is 1. The second-order valence-corrected chi connectivity index (χ2v) is 12.8. The van der Waals surface area contributed by atoms with Gasteiger partial charge in [-0.15, -0.1) is 11.8 Å². The molecule has 2 fully saturated rings. The summed E-state index contributed by atoms with van der Waals surface area (Å²) in [5.74, 6) is 1.04. The Labute approximate surface area is 219 Å². The van der Waals surface area contributed by atoms with Gasteiger partial charge < -0.3 is 9.80 Å². The number of benzene rings is 1. The fourth-order valence-electron chi connectivity index (χ4n) is 4.37. The van der Waals surface area contributed by atoms with E-state index in [9.17, 15) is 13.2 Å². The van der Waals surface area contributed by atoms with Crippen LogP contribution in [0.2, 0.25) is 15.1 Å². The van der Waals surface area contributed by atoms with Gasteiger partial charge in [0.05, 0.1) is 26.3 Å². The highest BCUT2D eigenvalue weighted by atomic mass is 35.5. The van der Waals surface area contributed by atoms with Gasteiger partial charge in [0.2, 0.25) is 10.0 Å². The van der Waals surface area contributed by atoms with E-state index in [-0.39, 0.29) is 17.9 Å². The molecule has 3 heterocycles. The Hall–Kier alpha value is -1.23. The first-order valence-electron chi connectivity index (χ1n) is 10.8. The first-order valence-corrected chi connectivity index (χ1v) is 14.8. The van der Waals surface area contributed by atoms with Gasteiger partial charge in [0.15, 0.2) is 0 Å². The van der Waals surface area contributed by atoms with E-state index >= 15 is 0 Å². The van der Waals surface area contributed by atoms with Crippen molar-refractivity contribution < 1.29 is 13.2 Å². The molecule has 1 aromatic carbocycles. The van der Waals surface area contributed by atoms with E-state index in [1.165, 1.54) is 10.6 Å². The second kappa shape index (κ2) is 10.8. The van der Waals surface area contributed by atoms with Crippen LogP contribution in [0.4, 0.5) is 4.79 Å². The van der Waals surface area contributed by atoms with Crippen molar-refractivity contribution in [2.75, 3.05) is 51.3 Å². The molecule has 2 aromatic rings. The fraction of sp³-hybridized carbons (Fsp3) is 0.455. The first-order chi connectivity index (χ1) is 16.1. The highest BCUT2D eigenvalue weighted by Gasteiger charge is 2.39. The van der Waals surface area contributed by atoms with Gasteiger partial charge >= 0.3 is 6.03 Å². The van der Waals surface area contributed by atoms with Crippen LogP contribution >= 0.6 is 46.6 Å². The summed E-state index contributed by atoms with van der Waals surface area (Å²) in [5.41, 5.74) is 1.04. The SMILES string of the molecule is CS(=O)(=O)N1CCN(C(=O)N2CC(CSc3ccc(Cl)cn3)C(c3ccc(Cl)c(Cl)c3)C2)CC1. The number of piperazine rings is 1. The van der Waals surface area contributed by atoms with E-state index in [1.54, 1.807) is 28.9 Å². The van der Waals surface area contributed by atoms with Gasteiger partial charge in [0.25, 0.3) is 0 Å². The average Bonchev–Trinajstić information content (AvgIpc) is 3.24. The summed E-state index contributed by atoms with van der Waals surface area (Å²) < 4.78 is 25.0. The minimum absolute atomic E-state index is 0.0599. The van der Waals surface area contributed by atoms with Gasteiger partial charge in [0.1, 0.15) is 0 Å². The lowest BCUT2D eigenvalue weighted by Crippen LogP contribution is -2.53. The Bertz CT molecular complexity index is 1140. The van der Waals surface area contributed by atoms with Crippen molar-refractivity contribution in [1.82, 2.24) is 19.1 Å². The highest BCUT2D eigenvalue weighted by molar-refractivity contribution is 7.99. The standard InChI is InChI=1S/C22H25Cl3N4O3S2/c1-34(31,32)29-8-6-27(7-9-29)22(30)28-12-16(14-33-21-5-3-17(23)11-26-21)18(13-28)15-2-4-19(24)20(25)10-15/h2-5,10-11,16,18H,6-9,12-14H2,1H3. The summed E-state index contributed by atoms with van der Waals surface area (Å²) in [6, 6.07) is 9.28. The number of hydrogen-bond acceptors (Lipinski definition) is 5. The number of halogens is 3. The molecule has 0 radical (unpaired) electrons. The van der Waals surface area contributed by atoms with Crippen LogP contribution in [0.15, 0.2) is 41.6 Å². The Morgan fingerprint density at radius 3 is 2.38 bits per heavy atom. The number of aromatic nitrogens is 1. The molecule has 0 N–H and O–H groups in total. The van der Waals surface area contributed by atoms with Gasteiger partial charge in [-0.2, -0.15) is 4.31 Å². The number of thioether (sulfide) groups is 1. The van der Waals surface area contributed by atoms with Gasteiger partial charge in [-0.05, 0) is 35.7 Å². The zero-order valence-electron chi connectivity index (χ0n) is 18.5. The van der Waals surface area contributed by atoms with E-state index < -0.39 is 10.0 Å². The average molecular weight is 564 g/mol. The van der Waals surface area contributed by atoms with Crippen LogP contribution in [0, 0.1) is 5.92 Å². The van der Waals surface area contributed by atoms with E-state index in [1.807, 2.05) is 29.2 Å². The highest BCUT2D eigenvalue weighted by Crippen LogP contribution is 2.38. The van der Waals surface area contributed by atoms with Crippen LogP contribution in [-0.4, -0.2) is 84.8 Å². The number of pyridine rings is 1. The minimum atomic E-state index is -3.25. The summed E-state index contributed by atoms with van der Waals surface area (Å²) in [7, 11) is -3.25. The number of carbonyl (C=O) groups excluding carboxylic acids is 1. The van der Waals surface area contributed by atoms with Crippen molar-refractivity contribution in [3.63, 3.8) is 0 Å². The van der Waals surface area contributed by atoms with Gasteiger partial charge in [-0.3, -0.25) is 0 Å². The summed E-state index contributed by atoms with van der Waals surface area (Å²) in [5, 5.41) is 2.45. The largest absolute Gasteiger partial charge is 0.324 e. The molecule has 0 bridgehead atoms. The topological polar surface area (TPSA) is 73.8 Å². The maximum Gasteiger partial charge on any atom is 0.320 e. The lowest BCUT2D eigenvalue weighted by atomic mass is 9.90. The Kier molecular flexibility index (Phi) is 8.21. The lowest BCUT2D eigenvalue weighted by molar-refractivity contribution is 0.141. The van der Waals surface area contributed by atoms with E-state index in [2.05, 4.69) is 4.98 Å². The van der Waals surface area contributed by atoms with Crippen molar-refractivity contribution in [1.29, 1.82) is 0 Å². The number of likely N-dealkylation sites (tertiary alicyclic amines) is 1. The fourth-order valence-corrected chi connectivity index (χ4v) is 6.63. The zero-order valence-corrected chi connectivity index (χ0v) is 22.4. The molecule has 2 atom stereocenters. The van der Waals surface area contributed by atoms with Gasteiger partial charge in [-0.1, -0.05) is 40.9 Å². The van der Waals surface area contributed by atoms with Crippen LogP contribution in [0.3, 0.4) is 0 Å². The minimum Gasteiger partial charge on any atom is -0.324 e. The predicted octanol–water partition coefficient (Wildman–Crippen LogP) is 4.55. The molecule has 1 aromatic heterocycles. The molecule has 34 heavy (non-hydrogen) atoms. The third-order valence-electron chi connectivity index (χ3n) is 6.21. The maximum absolute atomic E-state index is 13.3. The molecule has 2 aliphatic heterocycles. The molecular formula is C22H25Cl3N4O3S2. The van der Waals surface area contributed by atoms with Gasteiger partial charge in [0, 0.05) is 57.1 Å². The van der Waals surface area contributed by atoms with E-state index in [0.29, 0.717) is 54.3 Å². The van der Waals surface area contributed by atoms with Crippen molar-refractivity contribution in [2.45, 2.75) is 10.9 Å². The van der Waals surface area contributed by atoms with Crippen molar-refractivity contribution in [3.8, 4) is 0 Å². The Morgan fingerprint density at radius 2 is 1.76 bits per heavy atom. The van der Waals surface area contributed by atoms with Crippen LogP contribution in [-0.2, 0) is 10.0 Å². The van der Waals surface area contributed by atoms with Crippen LogP contribution in [0.5, 0.6) is 0 Å². The summed E-state index contributed by atoms with van der Waals surface area (Å²) in [6.45, 7) is 2.55. The molecule has 0 aliphatic carbocycles. The summed E-state index contributed by atoms with van der Waals surface area (Å²) in [6.07, 6.45) is 2.82. The van der Waals surface area contributed by atoms with Crippen molar-refractivity contribution in [2.24, 2.45) is 5.92 Å². The van der Waals surface area contributed by atoms with Crippen molar-refractivity contribution in [3.05, 3.63) is 57.2 Å². The number of amides is 2. The third-order valence-corrected chi connectivity index (χ3v) is 9.60. The Balaban J connectivity index is 1.48. The third kappa shape index (κ3) is 6.12. The quantitative estimate of drug-likeness (QED) is 0.499. The zero-order chi connectivity index (χ0) is 24.5.